The largest absolute Gasteiger partial charge is 0.462 e. The highest BCUT2D eigenvalue weighted by Gasteiger charge is 2.26. The van der Waals surface area contributed by atoms with Crippen LogP contribution in [0.1, 0.15) is 50.5 Å². The van der Waals surface area contributed by atoms with Gasteiger partial charge in [-0.25, -0.2) is 4.79 Å². The van der Waals surface area contributed by atoms with Gasteiger partial charge in [-0.1, -0.05) is 34.6 Å². The Labute approximate surface area is 107 Å². The third kappa shape index (κ3) is 3.46. The van der Waals surface area contributed by atoms with Crippen molar-refractivity contribution in [3.05, 3.63) is 16.5 Å². The Bertz CT molecular complexity index is 402. The lowest BCUT2D eigenvalue weighted by Gasteiger charge is -2.19. The summed E-state index contributed by atoms with van der Waals surface area (Å²) >= 11 is 1.40. The second-order valence-electron chi connectivity index (χ2n) is 5.63. The van der Waals surface area contributed by atoms with E-state index >= 15 is 0 Å². The van der Waals surface area contributed by atoms with Gasteiger partial charge in [0.1, 0.15) is 5.00 Å². The van der Waals surface area contributed by atoms with Gasteiger partial charge in [-0.15, -0.1) is 11.3 Å². The molecule has 4 heteroatoms. The smallest absolute Gasteiger partial charge is 0.341 e. The minimum Gasteiger partial charge on any atom is -0.462 e. The molecule has 0 aromatic carbocycles. The Hall–Kier alpha value is -1.03. The van der Waals surface area contributed by atoms with Crippen LogP contribution in [-0.2, 0) is 10.2 Å². The van der Waals surface area contributed by atoms with Crippen molar-refractivity contribution in [1.29, 1.82) is 0 Å². The number of rotatable bonds is 3. The maximum atomic E-state index is 12.0. The second-order valence-corrected chi connectivity index (χ2v) is 6.54. The van der Waals surface area contributed by atoms with Crippen molar-refractivity contribution in [2.24, 2.45) is 5.92 Å². The number of esters is 1. The molecule has 0 atom stereocenters. The Kier molecular flexibility index (Phi) is 4.20. The first-order valence-corrected chi connectivity index (χ1v) is 6.66. The van der Waals surface area contributed by atoms with Gasteiger partial charge in [0.15, 0.2) is 0 Å². The van der Waals surface area contributed by atoms with Gasteiger partial charge in [0.25, 0.3) is 0 Å². The molecule has 0 spiro atoms. The van der Waals surface area contributed by atoms with Crippen LogP contribution in [0, 0.1) is 5.92 Å². The van der Waals surface area contributed by atoms with Gasteiger partial charge >= 0.3 is 5.97 Å². The number of thiophene rings is 1. The maximum absolute atomic E-state index is 12.0. The molecule has 0 amide bonds. The van der Waals surface area contributed by atoms with Crippen molar-refractivity contribution < 1.29 is 9.53 Å². The Balaban J connectivity index is 2.97. The van der Waals surface area contributed by atoms with E-state index in [-0.39, 0.29) is 11.4 Å². The average Bonchev–Trinajstić information content (AvgIpc) is 2.56. The zero-order valence-corrected chi connectivity index (χ0v) is 12.0. The molecule has 0 saturated heterocycles. The molecule has 1 aromatic rings. The molecule has 3 nitrogen and oxygen atoms in total. The van der Waals surface area contributed by atoms with Gasteiger partial charge < -0.3 is 10.5 Å². The number of carbonyl (C=O) groups is 1. The molecule has 1 rings (SSSR count). The van der Waals surface area contributed by atoms with Gasteiger partial charge in [-0.2, -0.15) is 0 Å². The predicted octanol–water partition coefficient (Wildman–Crippen LogP) is 3.44. The SMILES string of the molecule is CC(C)COC(=O)c1c(C(C)(C)C)csc1N. The van der Waals surface area contributed by atoms with Gasteiger partial charge in [0.2, 0.25) is 0 Å². The monoisotopic (exact) mass is 255 g/mol. The van der Waals surface area contributed by atoms with Gasteiger partial charge in [0.05, 0.1) is 12.2 Å². The Morgan fingerprint density at radius 3 is 2.53 bits per heavy atom. The number of anilines is 1. The van der Waals surface area contributed by atoms with E-state index in [4.69, 9.17) is 10.5 Å². The molecule has 96 valence electrons. The first kappa shape index (κ1) is 14.0. The zero-order valence-electron chi connectivity index (χ0n) is 11.2. The first-order valence-electron chi connectivity index (χ1n) is 5.78. The molecular formula is C13H21NO2S. The molecule has 0 fully saturated rings. The maximum Gasteiger partial charge on any atom is 0.341 e. The van der Waals surface area contributed by atoms with Crippen LogP contribution in [0.5, 0.6) is 0 Å². The summed E-state index contributed by atoms with van der Waals surface area (Å²) in [6, 6.07) is 0. The van der Waals surface area contributed by atoms with E-state index in [0.717, 1.165) is 5.56 Å². The van der Waals surface area contributed by atoms with Crippen molar-refractivity contribution in [2.45, 2.75) is 40.0 Å². The minimum atomic E-state index is -0.303. The number of carbonyl (C=O) groups excluding carboxylic acids is 1. The van der Waals surface area contributed by atoms with Crippen LogP contribution < -0.4 is 5.73 Å². The molecule has 2 N–H and O–H groups in total. The fraction of sp³-hybridized carbons (Fsp3) is 0.615. The van der Waals surface area contributed by atoms with E-state index in [2.05, 4.69) is 20.8 Å². The molecular weight excluding hydrogens is 234 g/mol. The van der Waals surface area contributed by atoms with Crippen molar-refractivity contribution in [3.63, 3.8) is 0 Å². The van der Waals surface area contributed by atoms with E-state index < -0.39 is 0 Å². The predicted molar refractivity (Wildman–Crippen MR) is 72.6 cm³/mol. The molecule has 0 aliphatic rings. The van der Waals surface area contributed by atoms with Gasteiger partial charge in [-0.3, -0.25) is 0 Å². The summed E-state index contributed by atoms with van der Waals surface area (Å²) in [6.07, 6.45) is 0. The summed E-state index contributed by atoms with van der Waals surface area (Å²) < 4.78 is 5.25. The molecule has 0 bridgehead atoms. The highest BCUT2D eigenvalue weighted by atomic mass is 32.1. The fourth-order valence-electron chi connectivity index (χ4n) is 1.45. The first-order chi connectivity index (χ1) is 7.73. The molecule has 0 aliphatic carbocycles. The summed E-state index contributed by atoms with van der Waals surface area (Å²) in [5, 5.41) is 2.49. The van der Waals surface area contributed by atoms with E-state index in [0.29, 0.717) is 23.1 Å². The number of ether oxygens (including phenoxy) is 1. The van der Waals surface area contributed by atoms with E-state index in [9.17, 15) is 4.79 Å². The molecule has 0 saturated carbocycles. The van der Waals surface area contributed by atoms with Crippen LogP contribution in [0.15, 0.2) is 5.38 Å². The van der Waals surface area contributed by atoms with Crippen LogP contribution in [0.3, 0.4) is 0 Å². The second kappa shape index (κ2) is 5.08. The molecule has 17 heavy (non-hydrogen) atoms. The fourth-order valence-corrected chi connectivity index (χ4v) is 2.48. The summed E-state index contributed by atoms with van der Waals surface area (Å²) in [4.78, 5) is 12.0. The molecule has 0 radical (unpaired) electrons. The summed E-state index contributed by atoms with van der Waals surface area (Å²) in [7, 11) is 0. The third-order valence-electron chi connectivity index (χ3n) is 2.38. The van der Waals surface area contributed by atoms with Crippen molar-refractivity contribution >= 4 is 22.3 Å². The normalized spacial score (nSPS) is 11.9. The Morgan fingerprint density at radius 1 is 1.47 bits per heavy atom. The van der Waals surface area contributed by atoms with Crippen molar-refractivity contribution in [1.82, 2.24) is 0 Å². The molecule has 1 aromatic heterocycles. The molecule has 0 aliphatic heterocycles. The number of hydrogen-bond donors (Lipinski definition) is 1. The summed E-state index contributed by atoms with van der Waals surface area (Å²) in [6.45, 7) is 10.6. The quantitative estimate of drug-likeness (QED) is 0.842. The lowest BCUT2D eigenvalue weighted by Crippen LogP contribution is -2.18. The average molecular weight is 255 g/mol. The Morgan fingerprint density at radius 2 is 2.06 bits per heavy atom. The number of nitrogens with two attached hydrogens (primary N) is 1. The number of nitrogen functional groups attached to an aromatic ring is 1. The standard InChI is InChI=1S/C13H21NO2S/c1-8(2)6-16-12(15)10-9(13(3,4)5)7-17-11(10)14/h7-8H,6,14H2,1-5H3. The third-order valence-corrected chi connectivity index (χ3v) is 3.19. The van der Waals surface area contributed by atoms with Crippen LogP contribution in [-0.4, -0.2) is 12.6 Å². The van der Waals surface area contributed by atoms with Crippen LogP contribution in [0.4, 0.5) is 5.00 Å². The van der Waals surface area contributed by atoms with E-state index in [1.54, 1.807) is 0 Å². The number of hydrogen-bond acceptors (Lipinski definition) is 4. The highest BCUT2D eigenvalue weighted by molar-refractivity contribution is 7.14. The summed E-state index contributed by atoms with van der Waals surface area (Å²) in [5.74, 6) is 0.0271. The van der Waals surface area contributed by atoms with E-state index in [1.807, 2.05) is 19.2 Å². The van der Waals surface area contributed by atoms with E-state index in [1.165, 1.54) is 11.3 Å². The lowest BCUT2D eigenvalue weighted by molar-refractivity contribution is 0.0458. The molecule has 0 unspecified atom stereocenters. The minimum absolute atomic E-state index is 0.0969. The lowest BCUT2D eigenvalue weighted by atomic mass is 9.86. The summed E-state index contributed by atoms with van der Waals surface area (Å²) in [5.41, 5.74) is 7.28. The van der Waals surface area contributed by atoms with Crippen molar-refractivity contribution in [3.8, 4) is 0 Å². The van der Waals surface area contributed by atoms with Crippen LogP contribution in [0.2, 0.25) is 0 Å². The van der Waals surface area contributed by atoms with Crippen LogP contribution in [0.25, 0.3) is 0 Å². The molecule has 1 heterocycles. The van der Waals surface area contributed by atoms with Crippen LogP contribution >= 0.6 is 11.3 Å². The van der Waals surface area contributed by atoms with Gasteiger partial charge in [0, 0.05) is 0 Å². The highest BCUT2D eigenvalue weighted by Crippen LogP contribution is 2.34. The van der Waals surface area contributed by atoms with Crippen molar-refractivity contribution in [2.75, 3.05) is 12.3 Å². The topological polar surface area (TPSA) is 52.3 Å². The zero-order chi connectivity index (χ0) is 13.2. The van der Waals surface area contributed by atoms with Gasteiger partial charge in [-0.05, 0) is 22.3 Å².